The van der Waals surface area contributed by atoms with Crippen molar-refractivity contribution >= 4 is 23.1 Å². The number of hydrogen-bond acceptors (Lipinski definition) is 6. The van der Waals surface area contributed by atoms with Crippen LogP contribution in [0.5, 0.6) is 0 Å². The molecule has 8 nitrogen and oxygen atoms in total. The lowest BCUT2D eigenvalue weighted by Crippen LogP contribution is -2.11. The van der Waals surface area contributed by atoms with Gasteiger partial charge < -0.3 is 5.11 Å². The molecule has 8 heteroatoms. The standard InChI is InChI=1S/C14H17N5O3/c1-7(20)9(11(22)8(2)21)16-18-13-10(15-6)12(17-19-13)14(3,4)5/h22H,1-5H3,(H,17,19). The van der Waals surface area contributed by atoms with Crippen molar-refractivity contribution in [2.24, 2.45) is 10.2 Å². The van der Waals surface area contributed by atoms with Gasteiger partial charge in [-0.15, -0.1) is 10.2 Å². The SMILES string of the molecule is [C-]#[N+]c1c(N=NC(C(C)=O)=C(O)C(C)=O)n[nH]c1C(C)(C)C. The first-order chi connectivity index (χ1) is 10.1. The van der Waals surface area contributed by atoms with Gasteiger partial charge in [-0.3, -0.25) is 14.7 Å². The molecule has 22 heavy (non-hydrogen) atoms. The van der Waals surface area contributed by atoms with Crippen LogP contribution in [-0.4, -0.2) is 26.9 Å². The number of aliphatic hydroxyl groups is 1. The molecule has 0 atom stereocenters. The number of Topliss-reactive ketones (excluding diaryl/α,β-unsaturated/α-hetero) is 2. The lowest BCUT2D eigenvalue weighted by atomic mass is 9.91. The molecule has 0 aliphatic heterocycles. The van der Waals surface area contributed by atoms with E-state index in [4.69, 9.17) is 6.57 Å². The fourth-order valence-corrected chi connectivity index (χ4v) is 1.57. The van der Waals surface area contributed by atoms with Crippen molar-refractivity contribution in [3.8, 4) is 0 Å². The van der Waals surface area contributed by atoms with Gasteiger partial charge in [-0.1, -0.05) is 20.8 Å². The molecule has 1 aromatic heterocycles. The van der Waals surface area contributed by atoms with Crippen LogP contribution in [0.2, 0.25) is 0 Å². The van der Waals surface area contributed by atoms with Crippen LogP contribution >= 0.6 is 0 Å². The molecule has 1 aromatic rings. The van der Waals surface area contributed by atoms with E-state index in [1.165, 1.54) is 0 Å². The Morgan fingerprint density at radius 1 is 1.27 bits per heavy atom. The maximum Gasteiger partial charge on any atom is 0.255 e. The predicted octanol–water partition coefficient (Wildman–Crippen LogP) is 3.29. The number of carbonyl (C=O) groups is 2. The summed E-state index contributed by atoms with van der Waals surface area (Å²) in [6.07, 6.45) is 0. The van der Waals surface area contributed by atoms with Gasteiger partial charge in [-0.2, -0.15) is 5.10 Å². The molecule has 116 valence electrons. The largest absolute Gasteiger partial charge is 0.503 e. The number of allylic oxidation sites excluding steroid dienone is 2. The van der Waals surface area contributed by atoms with Crippen molar-refractivity contribution in [3.05, 3.63) is 28.6 Å². The van der Waals surface area contributed by atoms with Crippen molar-refractivity contribution in [1.29, 1.82) is 0 Å². The quantitative estimate of drug-likeness (QED) is 0.384. The van der Waals surface area contributed by atoms with Crippen LogP contribution in [0.25, 0.3) is 4.85 Å². The van der Waals surface area contributed by atoms with Crippen LogP contribution in [0.1, 0.15) is 40.3 Å². The third-order valence-corrected chi connectivity index (χ3v) is 2.72. The summed E-state index contributed by atoms with van der Waals surface area (Å²) in [5.41, 5.74) is -0.0488. The first-order valence-corrected chi connectivity index (χ1v) is 6.42. The molecular weight excluding hydrogens is 286 g/mol. The molecule has 2 N–H and O–H groups in total. The predicted molar refractivity (Wildman–Crippen MR) is 79.1 cm³/mol. The third-order valence-electron chi connectivity index (χ3n) is 2.72. The minimum Gasteiger partial charge on any atom is -0.503 e. The molecule has 0 spiro atoms. The Hall–Kier alpha value is -2.82. The topological polar surface area (TPSA) is 112 Å². The summed E-state index contributed by atoms with van der Waals surface area (Å²) in [7, 11) is 0. The lowest BCUT2D eigenvalue weighted by molar-refractivity contribution is -0.118. The van der Waals surface area contributed by atoms with Gasteiger partial charge in [0.1, 0.15) is 0 Å². The molecule has 1 rings (SSSR count). The molecular formula is C14H17N5O3. The van der Waals surface area contributed by atoms with E-state index in [9.17, 15) is 14.7 Å². The number of H-pyrrole nitrogens is 1. The zero-order valence-electron chi connectivity index (χ0n) is 13.1. The van der Waals surface area contributed by atoms with Crippen molar-refractivity contribution in [1.82, 2.24) is 10.2 Å². The average molecular weight is 303 g/mol. The van der Waals surface area contributed by atoms with Crippen molar-refractivity contribution in [2.75, 3.05) is 0 Å². The van der Waals surface area contributed by atoms with Crippen molar-refractivity contribution < 1.29 is 14.7 Å². The second kappa shape index (κ2) is 6.30. The van der Waals surface area contributed by atoms with E-state index in [0.29, 0.717) is 5.69 Å². The smallest absolute Gasteiger partial charge is 0.255 e. The number of aliphatic hydroxyl groups excluding tert-OH is 1. The molecule has 0 fully saturated rings. The number of aromatic amines is 1. The monoisotopic (exact) mass is 303 g/mol. The zero-order valence-corrected chi connectivity index (χ0v) is 13.1. The molecule has 0 aliphatic rings. The number of nitrogens with zero attached hydrogens (tertiary/aromatic N) is 4. The van der Waals surface area contributed by atoms with Gasteiger partial charge in [-0.05, 0) is 5.41 Å². The van der Waals surface area contributed by atoms with E-state index in [2.05, 4.69) is 25.3 Å². The van der Waals surface area contributed by atoms with Crippen LogP contribution in [0.15, 0.2) is 21.7 Å². The number of aromatic nitrogens is 2. The molecule has 0 aromatic carbocycles. The number of ketones is 2. The maximum absolute atomic E-state index is 11.4. The summed E-state index contributed by atoms with van der Waals surface area (Å²) in [5, 5.41) is 23.5. The second-order valence-electron chi connectivity index (χ2n) is 5.64. The van der Waals surface area contributed by atoms with E-state index in [1.807, 2.05) is 20.8 Å². The van der Waals surface area contributed by atoms with E-state index in [-0.39, 0.29) is 16.9 Å². The Morgan fingerprint density at radius 2 is 1.86 bits per heavy atom. The second-order valence-corrected chi connectivity index (χ2v) is 5.64. The molecule has 0 saturated carbocycles. The fourth-order valence-electron chi connectivity index (χ4n) is 1.57. The highest BCUT2D eigenvalue weighted by molar-refractivity contribution is 6.02. The molecule has 0 saturated heterocycles. The van der Waals surface area contributed by atoms with Crippen LogP contribution in [-0.2, 0) is 15.0 Å². The number of hydrogen-bond donors (Lipinski definition) is 2. The summed E-state index contributed by atoms with van der Waals surface area (Å²) in [6, 6.07) is 0. The Morgan fingerprint density at radius 3 is 2.27 bits per heavy atom. The lowest BCUT2D eigenvalue weighted by Gasteiger charge is -2.16. The van der Waals surface area contributed by atoms with Gasteiger partial charge in [0.15, 0.2) is 23.0 Å². The van der Waals surface area contributed by atoms with Crippen LogP contribution < -0.4 is 0 Å². The fraction of sp³-hybridized carbons (Fsp3) is 0.429. The van der Waals surface area contributed by atoms with Gasteiger partial charge in [0.05, 0.1) is 6.57 Å². The van der Waals surface area contributed by atoms with Crippen molar-refractivity contribution in [3.63, 3.8) is 0 Å². The summed E-state index contributed by atoms with van der Waals surface area (Å²) >= 11 is 0. The average Bonchev–Trinajstić information content (AvgIpc) is 2.81. The Bertz CT molecular complexity index is 714. The Kier molecular flexibility index (Phi) is 4.94. The highest BCUT2D eigenvalue weighted by atomic mass is 16.3. The maximum atomic E-state index is 11.4. The number of carbonyl (C=O) groups excluding carboxylic acids is 2. The summed E-state index contributed by atoms with van der Waals surface area (Å²) in [6.45, 7) is 15.2. The molecule has 0 bridgehead atoms. The zero-order chi connectivity index (χ0) is 17.1. The van der Waals surface area contributed by atoms with E-state index in [0.717, 1.165) is 13.8 Å². The van der Waals surface area contributed by atoms with Gasteiger partial charge >= 0.3 is 0 Å². The van der Waals surface area contributed by atoms with Gasteiger partial charge in [0.25, 0.3) is 5.69 Å². The van der Waals surface area contributed by atoms with Crippen LogP contribution in [0.3, 0.4) is 0 Å². The summed E-state index contributed by atoms with van der Waals surface area (Å²) in [4.78, 5) is 25.9. The molecule has 1 heterocycles. The Balaban J connectivity index is 3.34. The highest BCUT2D eigenvalue weighted by Gasteiger charge is 2.24. The van der Waals surface area contributed by atoms with Crippen molar-refractivity contribution in [2.45, 2.75) is 40.0 Å². The first kappa shape index (κ1) is 17.2. The Labute approximate surface area is 127 Å². The molecule has 0 radical (unpaired) electrons. The van der Waals surface area contributed by atoms with Gasteiger partial charge in [-0.25, -0.2) is 4.85 Å². The van der Waals surface area contributed by atoms with E-state index in [1.54, 1.807) is 0 Å². The van der Waals surface area contributed by atoms with Gasteiger partial charge in [0, 0.05) is 19.5 Å². The molecule has 0 unspecified atom stereocenters. The van der Waals surface area contributed by atoms with E-state index >= 15 is 0 Å². The van der Waals surface area contributed by atoms with E-state index < -0.39 is 23.0 Å². The number of nitrogens with one attached hydrogen (secondary N) is 1. The van der Waals surface area contributed by atoms with Crippen LogP contribution in [0.4, 0.5) is 11.5 Å². The highest BCUT2D eigenvalue weighted by Crippen LogP contribution is 2.37. The molecule has 0 aliphatic carbocycles. The summed E-state index contributed by atoms with van der Waals surface area (Å²) < 4.78 is 0. The minimum atomic E-state index is -0.771. The minimum absolute atomic E-state index is 0.00460. The third kappa shape index (κ3) is 3.63. The molecule has 0 amide bonds. The first-order valence-electron chi connectivity index (χ1n) is 6.42. The normalized spacial score (nSPS) is 12.9. The summed E-state index contributed by atoms with van der Waals surface area (Å²) in [5.74, 6) is -2.10. The van der Waals surface area contributed by atoms with Crippen LogP contribution in [0, 0.1) is 6.57 Å². The van der Waals surface area contributed by atoms with Gasteiger partial charge in [0.2, 0.25) is 5.82 Å². The number of azo groups is 1. The number of rotatable bonds is 4.